The minimum Gasteiger partial charge on any atom is -0.356 e. The topological polar surface area (TPSA) is 79.4 Å². The molecule has 1 rings (SSSR count). The molecule has 0 aliphatic rings. The van der Waals surface area contributed by atoms with Gasteiger partial charge in [0.2, 0.25) is 5.15 Å². The van der Waals surface area contributed by atoms with E-state index >= 15 is 0 Å². The van der Waals surface area contributed by atoms with Gasteiger partial charge in [-0.25, -0.2) is 4.68 Å². The van der Waals surface area contributed by atoms with Crippen molar-refractivity contribution in [2.24, 2.45) is 0 Å². The van der Waals surface area contributed by atoms with Crippen LogP contribution in [0.2, 0.25) is 30.8 Å². The molecule has 0 aliphatic carbocycles. The van der Waals surface area contributed by atoms with E-state index in [-0.39, 0.29) is 17.6 Å². The number of aromatic nitrogens is 2. The number of hydrogen-bond acceptors (Lipinski definition) is 5. The summed E-state index contributed by atoms with van der Waals surface area (Å²) in [5.41, 5.74) is -0.811. The lowest BCUT2D eigenvalue weighted by Crippen LogP contribution is -2.33. The molecule has 0 saturated heterocycles. The second kappa shape index (κ2) is 7.54. The van der Waals surface area contributed by atoms with Crippen LogP contribution in [0.4, 0.5) is 5.69 Å². The van der Waals surface area contributed by atoms with Gasteiger partial charge in [-0.1, -0.05) is 31.2 Å². The molecule has 0 N–H and O–H groups in total. The zero-order valence-corrected chi connectivity index (χ0v) is 15.5. The quantitative estimate of drug-likeness (QED) is 0.224. The van der Waals surface area contributed by atoms with Gasteiger partial charge in [-0.15, -0.1) is 0 Å². The Hall–Kier alpha value is -0.963. The molecule has 0 radical (unpaired) electrons. The monoisotopic (exact) mass is 349 g/mol. The fourth-order valence-corrected chi connectivity index (χ4v) is 2.87. The highest BCUT2D eigenvalue weighted by Gasteiger charge is 2.29. The summed E-state index contributed by atoms with van der Waals surface area (Å²) in [4.78, 5) is 10.2. The van der Waals surface area contributed by atoms with Gasteiger partial charge in [-0.3, -0.25) is 10.1 Å². The van der Waals surface area contributed by atoms with E-state index in [0.29, 0.717) is 13.2 Å². The van der Waals surface area contributed by atoms with Crippen LogP contribution in [0.1, 0.15) is 13.8 Å². The molecule has 0 unspecified atom stereocenters. The van der Waals surface area contributed by atoms with Crippen molar-refractivity contribution in [3.05, 3.63) is 21.5 Å². The van der Waals surface area contributed by atoms with E-state index in [2.05, 4.69) is 24.7 Å². The zero-order chi connectivity index (χ0) is 17.0. The van der Waals surface area contributed by atoms with Crippen molar-refractivity contribution in [3.8, 4) is 0 Å². The van der Waals surface area contributed by atoms with Gasteiger partial charge < -0.3 is 9.47 Å². The molecule has 126 valence electrons. The third-order valence-corrected chi connectivity index (χ3v) is 5.14. The maximum Gasteiger partial charge on any atom is 0.325 e. The lowest BCUT2D eigenvalue weighted by atomic mass is 10.1. The molecule has 1 heterocycles. The number of nitrogens with zero attached hydrogens (tertiary/aromatic N) is 3. The van der Waals surface area contributed by atoms with Gasteiger partial charge in [-0.2, -0.15) is 5.10 Å². The first-order valence-electron chi connectivity index (χ1n) is 7.08. The molecule has 0 atom stereocenters. The van der Waals surface area contributed by atoms with Crippen LogP contribution in [0, 0.1) is 10.1 Å². The van der Waals surface area contributed by atoms with Crippen molar-refractivity contribution in [2.75, 3.05) is 20.0 Å². The van der Waals surface area contributed by atoms with Crippen LogP contribution in [0.3, 0.4) is 0 Å². The molecule has 0 fully saturated rings. The Morgan fingerprint density at radius 1 is 1.41 bits per heavy atom. The van der Waals surface area contributed by atoms with Crippen LogP contribution in [-0.4, -0.2) is 42.8 Å². The summed E-state index contributed by atoms with van der Waals surface area (Å²) in [7, 11) is -1.10. The van der Waals surface area contributed by atoms with Gasteiger partial charge in [0.15, 0.2) is 0 Å². The number of nitro groups is 1. The van der Waals surface area contributed by atoms with Crippen LogP contribution in [0.15, 0.2) is 6.20 Å². The highest BCUT2D eigenvalue weighted by Crippen LogP contribution is 2.29. The van der Waals surface area contributed by atoms with Gasteiger partial charge in [0.25, 0.3) is 0 Å². The van der Waals surface area contributed by atoms with Crippen LogP contribution in [0.5, 0.6) is 0 Å². The Labute approximate surface area is 136 Å². The lowest BCUT2D eigenvalue weighted by molar-refractivity contribution is -0.384. The Morgan fingerprint density at radius 3 is 2.55 bits per heavy atom. The summed E-state index contributed by atoms with van der Waals surface area (Å²) in [6.45, 7) is 11.7. The van der Waals surface area contributed by atoms with Crippen LogP contribution in [-0.2, 0) is 15.0 Å². The second-order valence-corrected chi connectivity index (χ2v) is 13.0. The predicted molar refractivity (Wildman–Crippen MR) is 88.1 cm³/mol. The average Bonchev–Trinajstić information content (AvgIpc) is 2.75. The van der Waals surface area contributed by atoms with E-state index in [9.17, 15) is 10.1 Å². The predicted octanol–water partition coefficient (Wildman–Crippen LogP) is 3.51. The van der Waals surface area contributed by atoms with E-state index < -0.39 is 18.5 Å². The maximum absolute atomic E-state index is 10.8. The molecular formula is C13H24ClN3O4Si. The minimum absolute atomic E-state index is 0.00162. The van der Waals surface area contributed by atoms with Crippen molar-refractivity contribution in [3.63, 3.8) is 0 Å². The van der Waals surface area contributed by atoms with Crippen LogP contribution >= 0.6 is 11.6 Å². The zero-order valence-electron chi connectivity index (χ0n) is 13.8. The molecule has 0 bridgehead atoms. The molecule has 0 amide bonds. The van der Waals surface area contributed by atoms with E-state index in [4.69, 9.17) is 21.1 Å². The SMILES string of the molecule is CC(C)(COCOCC[Si](C)(C)C)n1ncc([N+](=O)[O-])c1Cl. The number of ether oxygens (including phenoxy) is 2. The number of rotatable bonds is 9. The molecule has 1 aromatic heterocycles. The normalized spacial score (nSPS) is 12.6. The van der Waals surface area contributed by atoms with Gasteiger partial charge >= 0.3 is 5.69 Å². The van der Waals surface area contributed by atoms with Gasteiger partial charge in [-0.05, 0) is 19.9 Å². The van der Waals surface area contributed by atoms with Gasteiger partial charge in [0, 0.05) is 14.7 Å². The van der Waals surface area contributed by atoms with E-state index in [1.807, 2.05) is 13.8 Å². The van der Waals surface area contributed by atoms with Crippen LogP contribution in [0.25, 0.3) is 0 Å². The summed E-state index contributed by atoms with van der Waals surface area (Å²) in [5, 5.41) is 14.8. The lowest BCUT2D eigenvalue weighted by Gasteiger charge is -2.25. The summed E-state index contributed by atoms with van der Waals surface area (Å²) in [5.74, 6) is 0. The van der Waals surface area contributed by atoms with Crippen molar-refractivity contribution in [1.29, 1.82) is 0 Å². The summed E-state index contributed by atoms with van der Waals surface area (Å²) in [6, 6.07) is 1.08. The third kappa shape index (κ3) is 5.67. The van der Waals surface area contributed by atoms with Crippen molar-refractivity contribution in [2.45, 2.75) is 45.1 Å². The third-order valence-electron chi connectivity index (χ3n) is 3.08. The molecule has 22 heavy (non-hydrogen) atoms. The molecule has 7 nitrogen and oxygen atoms in total. The highest BCUT2D eigenvalue weighted by molar-refractivity contribution is 6.76. The average molecular weight is 350 g/mol. The van der Waals surface area contributed by atoms with Crippen molar-refractivity contribution in [1.82, 2.24) is 9.78 Å². The van der Waals surface area contributed by atoms with E-state index in [1.54, 1.807) is 0 Å². The standard InChI is InChI=1S/C13H24ClN3O4Si/c1-13(2,9-21-10-20-6-7-22(3,4)5)16-12(14)11(8-15-16)17(18)19/h8H,6-7,9-10H2,1-5H3. The van der Waals surface area contributed by atoms with Crippen LogP contribution < -0.4 is 0 Å². The molecule has 0 aromatic carbocycles. The van der Waals surface area contributed by atoms with E-state index in [0.717, 1.165) is 12.2 Å². The first-order valence-corrected chi connectivity index (χ1v) is 11.2. The smallest absolute Gasteiger partial charge is 0.325 e. The Kier molecular flexibility index (Phi) is 6.54. The first kappa shape index (κ1) is 19.1. The largest absolute Gasteiger partial charge is 0.356 e. The molecule has 1 aromatic rings. The fraction of sp³-hybridized carbons (Fsp3) is 0.769. The van der Waals surface area contributed by atoms with Gasteiger partial charge in [0.05, 0.1) is 17.1 Å². The molecule has 0 aliphatic heterocycles. The second-order valence-electron chi connectivity index (χ2n) is 6.99. The number of hydrogen-bond donors (Lipinski definition) is 0. The Morgan fingerprint density at radius 2 is 2.05 bits per heavy atom. The first-order chi connectivity index (χ1) is 10.0. The summed E-state index contributed by atoms with van der Waals surface area (Å²) in [6.07, 6.45) is 1.15. The number of halogens is 1. The Balaban J connectivity index is 2.46. The molecule has 0 saturated carbocycles. The highest BCUT2D eigenvalue weighted by atomic mass is 35.5. The van der Waals surface area contributed by atoms with Crippen molar-refractivity contribution >= 4 is 25.4 Å². The van der Waals surface area contributed by atoms with E-state index in [1.165, 1.54) is 4.68 Å². The summed E-state index contributed by atoms with van der Waals surface area (Å²) >= 11 is 5.99. The Bertz CT molecular complexity index is 514. The van der Waals surface area contributed by atoms with Gasteiger partial charge in [0.1, 0.15) is 13.0 Å². The maximum atomic E-state index is 10.8. The fourth-order valence-electron chi connectivity index (χ4n) is 1.72. The molecule has 0 spiro atoms. The van der Waals surface area contributed by atoms with Crippen molar-refractivity contribution < 1.29 is 14.4 Å². The summed E-state index contributed by atoms with van der Waals surface area (Å²) < 4.78 is 12.4. The molecular weight excluding hydrogens is 326 g/mol. The molecule has 9 heteroatoms. The minimum atomic E-state index is -1.10.